The van der Waals surface area contributed by atoms with E-state index in [1.54, 1.807) is 22.3 Å². The van der Waals surface area contributed by atoms with E-state index in [1.807, 2.05) is 0 Å². The number of allylic oxidation sites excluding steroid dienone is 4. The zero-order valence-corrected chi connectivity index (χ0v) is 23.1. The van der Waals surface area contributed by atoms with Crippen molar-refractivity contribution in [2.45, 2.75) is 125 Å². The van der Waals surface area contributed by atoms with Crippen molar-refractivity contribution < 1.29 is 0 Å². The molecule has 0 heterocycles. The van der Waals surface area contributed by atoms with Crippen LogP contribution in [0.2, 0.25) is 0 Å². The van der Waals surface area contributed by atoms with Crippen molar-refractivity contribution in [1.29, 1.82) is 0 Å². The summed E-state index contributed by atoms with van der Waals surface area (Å²) in [5, 5.41) is 0. The molecular formula is C34H52. The third-order valence-corrected chi connectivity index (χ3v) is 10.1. The summed E-state index contributed by atoms with van der Waals surface area (Å²) >= 11 is 0. The first kappa shape index (κ1) is 25.8. The van der Waals surface area contributed by atoms with Gasteiger partial charge in [-0.15, -0.1) is 0 Å². The van der Waals surface area contributed by atoms with Crippen LogP contribution in [0.4, 0.5) is 0 Å². The summed E-state index contributed by atoms with van der Waals surface area (Å²) in [5.41, 5.74) is 8.75. The molecule has 34 heavy (non-hydrogen) atoms. The van der Waals surface area contributed by atoms with Gasteiger partial charge in [-0.25, -0.2) is 0 Å². The molecule has 5 atom stereocenters. The Morgan fingerprint density at radius 3 is 2.68 bits per heavy atom. The molecule has 0 spiro atoms. The van der Waals surface area contributed by atoms with Gasteiger partial charge >= 0.3 is 0 Å². The van der Waals surface area contributed by atoms with Gasteiger partial charge in [0, 0.05) is 0 Å². The van der Waals surface area contributed by atoms with Crippen LogP contribution in [0.15, 0.2) is 35.9 Å². The molecular weight excluding hydrogens is 408 g/mol. The Hall–Kier alpha value is -1.30. The fourth-order valence-corrected chi connectivity index (χ4v) is 7.95. The standard InChI is InChI=1S/C34H52/c1-6-14-25(2)15-12-10-8-7-9-11-13-16-29-24-34(5)27(4)18-22-32(34)31-21-19-28-23-26(3)17-20-30(28)33(29)31/h11,13,17,20,23,25,27,31-32H,6-10,12,14-16,18-19,21-22,24H2,1-5H3/b13-11+/t25?,27-,31?,32?,34+/m0/s1. The molecule has 0 radical (unpaired) electrons. The van der Waals surface area contributed by atoms with Gasteiger partial charge < -0.3 is 0 Å². The molecule has 1 fully saturated rings. The van der Waals surface area contributed by atoms with E-state index in [9.17, 15) is 0 Å². The fourth-order valence-electron chi connectivity index (χ4n) is 7.95. The number of rotatable bonds is 11. The molecule has 4 rings (SSSR count). The lowest BCUT2D eigenvalue weighted by Gasteiger charge is -2.48. The average molecular weight is 461 g/mol. The Balaban J connectivity index is 1.39. The summed E-state index contributed by atoms with van der Waals surface area (Å²) in [5.74, 6) is 3.51. The second kappa shape index (κ2) is 11.6. The van der Waals surface area contributed by atoms with Gasteiger partial charge in [0.25, 0.3) is 0 Å². The molecule has 0 nitrogen and oxygen atoms in total. The number of hydrogen-bond acceptors (Lipinski definition) is 0. The van der Waals surface area contributed by atoms with Gasteiger partial charge in [0.05, 0.1) is 0 Å². The third-order valence-electron chi connectivity index (χ3n) is 10.1. The zero-order valence-electron chi connectivity index (χ0n) is 23.1. The molecule has 188 valence electrons. The molecule has 1 aromatic rings. The Morgan fingerprint density at radius 2 is 1.85 bits per heavy atom. The maximum atomic E-state index is 2.64. The predicted molar refractivity (Wildman–Crippen MR) is 150 cm³/mol. The van der Waals surface area contributed by atoms with E-state index in [4.69, 9.17) is 0 Å². The third kappa shape index (κ3) is 5.57. The Morgan fingerprint density at radius 1 is 1.03 bits per heavy atom. The topological polar surface area (TPSA) is 0 Å². The smallest absolute Gasteiger partial charge is 0.0119 e. The number of unbranched alkanes of at least 4 members (excludes halogenated alkanes) is 4. The lowest BCUT2D eigenvalue weighted by atomic mass is 9.56. The summed E-state index contributed by atoms with van der Waals surface area (Å²) in [7, 11) is 0. The molecule has 3 unspecified atom stereocenters. The minimum absolute atomic E-state index is 0.522. The number of benzene rings is 1. The van der Waals surface area contributed by atoms with E-state index in [1.165, 1.54) is 95.5 Å². The van der Waals surface area contributed by atoms with Gasteiger partial charge in [0.2, 0.25) is 0 Å². The van der Waals surface area contributed by atoms with Gasteiger partial charge in [-0.2, -0.15) is 0 Å². The summed E-state index contributed by atoms with van der Waals surface area (Å²) in [4.78, 5) is 0. The van der Waals surface area contributed by atoms with Crippen molar-refractivity contribution in [1.82, 2.24) is 0 Å². The molecule has 0 amide bonds. The molecule has 1 aromatic carbocycles. The van der Waals surface area contributed by atoms with Crippen LogP contribution >= 0.6 is 0 Å². The summed E-state index contributed by atoms with van der Waals surface area (Å²) in [6, 6.07) is 7.30. The van der Waals surface area contributed by atoms with Crippen LogP contribution < -0.4 is 0 Å². The summed E-state index contributed by atoms with van der Waals surface area (Å²) < 4.78 is 0. The first-order valence-electron chi connectivity index (χ1n) is 14.9. The van der Waals surface area contributed by atoms with Gasteiger partial charge in [-0.1, -0.05) is 108 Å². The van der Waals surface area contributed by atoms with E-state index in [2.05, 4.69) is 65.0 Å². The highest BCUT2D eigenvalue weighted by Crippen LogP contribution is 2.62. The quantitative estimate of drug-likeness (QED) is 0.227. The van der Waals surface area contributed by atoms with E-state index >= 15 is 0 Å². The minimum atomic E-state index is 0.522. The largest absolute Gasteiger partial charge is 0.0882 e. The van der Waals surface area contributed by atoms with Crippen LogP contribution in [-0.2, 0) is 6.42 Å². The fraction of sp³-hybridized carbons (Fsp3) is 0.706. The Bertz CT molecular complexity index is 870. The van der Waals surface area contributed by atoms with Crippen molar-refractivity contribution in [2.24, 2.45) is 29.1 Å². The normalized spacial score (nSPS) is 29.3. The highest BCUT2D eigenvalue weighted by molar-refractivity contribution is 5.76. The van der Waals surface area contributed by atoms with Crippen LogP contribution in [0.3, 0.4) is 0 Å². The van der Waals surface area contributed by atoms with Crippen molar-refractivity contribution in [3.05, 3.63) is 52.6 Å². The van der Waals surface area contributed by atoms with Gasteiger partial charge in [0.15, 0.2) is 0 Å². The monoisotopic (exact) mass is 460 g/mol. The van der Waals surface area contributed by atoms with Crippen molar-refractivity contribution in [3.63, 3.8) is 0 Å². The van der Waals surface area contributed by atoms with Crippen LogP contribution in [0.5, 0.6) is 0 Å². The SMILES string of the molecule is CCCC(C)CCCCCC/C=C/CC1=C2c3ccc(C)cc3CCC2C2CC[C@H](C)[C@@]2(C)C1. The maximum Gasteiger partial charge on any atom is -0.0119 e. The average Bonchev–Trinajstić information content (AvgIpc) is 3.11. The van der Waals surface area contributed by atoms with E-state index < -0.39 is 0 Å². The van der Waals surface area contributed by atoms with Crippen molar-refractivity contribution >= 4 is 5.57 Å². The van der Waals surface area contributed by atoms with E-state index in [0.29, 0.717) is 5.41 Å². The van der Waals surface area contributed by atoms with E-state index in [0.717, 1.165) is 23.7 Å². The van der Waals surface area contributed by atoms with Gasteiger partial charge in [0.1, 0.15) is 0 Å². The highest BCUT2D eigenvalue weighted by atomic mass is 14.6. The minimum Gasteiger partial charge on any atom is -0.0882 e. The number of fused-ring (bicyclic) bond motifs is 5. The van der Waals surface area contributed by atoms with Crippen LogP contribution in [-0.4, -0.2) is 0 Å². The van der Waals surface area contributed by atoms with Crippen LogP contribution in [0, 0.1) is 36.0 Å². The highest BCUT2D eigenvalue weighted by Gasteiger charge is 2.52. The molecule has 0 N–H and O–H groups in total. The van der Waals surface area contributed by atoms with Crippen molar-refractivity contribution in [2.75, 3.05) is 0 Å². The Kier molecular flexibility index (Phi) is 8.81. The molecule has 3 aliphatic carbocycles. The molecule has 1 saturated carbocycles. The lowest BCUT2D eigenvalue weighted by Crippen LogP contribution is -2.39. The number of aryl methyl sites for hydroxylation is 2. The van der Waals surface area contributed by atoms with E-state index in [-0.39, 0.29) is 0 Å². The van der Waals surface area contributed by atoms with Crippen molar-refractivity contribution in [3.8, 4) is 0 Å². The molecule has 0 saturated heterocycles. The summed E-state index contributed by atoms with van der Waals surface area (Å²) in [6.07, 6.45) is 24.2. The Labute approximate surface area is 211 Å². The van der Waals surface area contributed by atoms with Gasteiger partial charge in [-0.05, 0) is 104 Å². The first-order valence-corrected chi connectivity index (χ1v) is 14.9. The first-order chi connectivity index (χ1) is 16.4. The zero-order chi connectivity index (χ0) is 24.1. The second-order valence-corrected chi connectivity index (χ2v) is 12.7. The molecule has 3 aliphatic rings. The second-order valence-electron chi connectivity index (χ2n) is 12.7. The number of hydrogen-bond donors (Lipinski definition) is 0. The molecule has 0 aromatic heterocycles. The predicted octanol–water partition coefficient (Wildman–Crippen LogP) is 10.5. The lowest BCUT2D eigenvalue weighted by molar-refractivity contribution is 0.119. The summed E-state index contributed by atoms with van der Waals surface area (Å²) in [6.45, 7) is 12.2. The van der Waals surface area contributed by atoms with Crippen LogP contribution in [0.25, 0.3) is 5.57 Å². The van der Waals surface area contributed by atoms with Gasteiger partial charge in [-0.3, -0.25) is 0 Å². The maximum absolute atomic E-state index is 2.64. The molecule has 0 aliphatic heterocycles. The molecule has 0 heteroatoms. The molecule has 0 bridgehead atoms. The van der Waals surface area contributed by atoms with Crippen LogP contribution in [0.1, 0.15) is 128 Å².